The van der Waals surface area contributed by atoms with Crippen molar-refractivity contribution < 1.29 is 9.59 Å². The van der Waals surface area contributed by atoms with E-state index in [9.17, 15) is 9.59 Å². The predicted molar refractivity (Wildman–Crippen MR) is 343 cm³/mol. The second-order valence-electron chi connectivity index (χ2n) is 20.9. The number of para-hydroxylation sites is 2. The van der Waals surface area contributed by atoms with Gasteiger partial charge in [0.2, 0.25) is 11.4 Å². The Labute approximate surface area is 480 Å². The van der Waals surface area contributed by atoms with Crippen molar-refractivity contribution in [3.63, 3.8) is 0 Å². The van der Waals surface area contributed by atoms with Crippen LogP contribution in [0.3, 0.4) is 0 Å². The standard InChI is InChI=1S/C69H80N10O2/c1-48-42-58(34-36-60(48)70-5)78-66-45-51(4)63(47-67(66)79(7)59-24-16-13-17-25-59)73-39-19-9-11-21-41-75-69(81)55-32-28-53(29-33-55)52-26-30-54(31-27-52)68(80)74-40-20-10-8-18-38-72-61-37-35-57(43-49(61)2)77-64-44-50(3)62(71-6)46-65(64)76-56-22-14-12-15-23-56/h12-17,22-33,36-37,42-47,70-73,76H,7-11,18-21,34-35,38-41H2,1-6H3,(H-,74,75,80,81)/p+1. The molecule has 2 amide bonds. The molecule has 12 nitrogen and oxygen atoms in total. The predicted octanol–water partition coefficient (Wildman–Crippen LogP) is 15.1. The highest BCUT2D eigenvalue weighted by molar-refractivity contribution is 6.02. The van der Waals surface area contributed by atoms with E-state index in [0.717, 1.165) is 162 Å². The third kappa shape index (κ3) is 16.6. The maximum atomic E-state index is 13.0. The first-order valence-electron chi connectivity index (χ1n) is 28.8. The molecule has 7 N–H and O–H groups in total. The van der Waals surface area contributed by atoms with Crippen molar-refractivity contribution in [3.8, 4) is 11.1 Å². The number of nitrogens with one attached hydrogen (secondary N) is 7. The van der Waals surface area contributed by atoms with Crippen LogP contribution in [0.15, 0.2) is 190 Å². The molecule has 0 heterocycles. The molecule has 0 saturated carbocycles. The Hall–Kier alpha value is -8.77. The fraction of sp³-hybridized carbons (Fsp3) is 0.290. The van der Waals surface area contributed by atoms with Crippen LogP contribution in [-0.4, -0.2) is 70.2 Å². The number of hydrogen-bond acceptors (Lipinski definition) is 9. The molecule has 0 aromatic heterocycles. The minimum absolute atomic E-state index is 0.0677. The molecule has 2 aliphatic carbocycles. The lowest BCUT2D eigenvalue weighted by atomic mass is 10.0. The van der Waals surface area contributed by atoms with Gasteiger partial charge in [-0.15, -0.1) is 0 Å². The Balaban J connectivity index is 0.692. The SMILES string of the molecule is C=[N+](c1ccccc1)c1cc(NCCCCCCNC(=O)c2ccc(-c3ccc(C(=O)NCCCCCCNC4=CCC(=Nc5cc(C)c(NC)cc5Nc5ccccc5)C=C4C)cc3)cc2)c(C)cc1N=C1C=C(C)C(NC)=CC1. The minimum Gasteiger partial charge on any atom is -0.388 e. The van der Waals surface area contributed by atoms with E-state index >= 15 is 0 Å². The topological polar surface area (TPSA) is 146 Å². The summed E-state index contributed by atoms with van der Waals surface area (Å²) in [5, 5.41) is 23.6. The number of carbonyl (C=O) groups excluding carboxylic acids is 2. The number of benzene rings is 6. The van der Waals surface area contributed by atoms with Crippen LogP contribution in [-0.2, 0) is 0 Å². The molecule has 6 aromatic rings. The van der Waals surface area contributed by atoms with Crippen molar-refractivity contribution >= 4 is 75.5 Å². The Morgan fingerprint density at radius 1 is 0.506 bits per heavy atom. The van der Waals surface area contributed by atoms with Gasteiger partial charge in [0.15, 0.2) is 0 Å². The summed E-state index contributed by atoms with van der Waals surface area (Å²) in [4.78, 5) is 36.3. The number of hydrogen-bond donors (Lipinski definition) is 7. The van der Waals surface area contributed by atoms with Crippen LogP contribution < -0.4 is 41.8 Å². The molecule has 0 atom stereocenters. The molecule has 0 aliphatic heterocycles. The van der Waals surface area contributed by atoms with Gasteiger partial charge in [-0.05, 0) is 154 Å². The molecular formula is C69H81N10O2+. The van der Waals surface area contributed by atoms with Crippen LogP contribution in [0.25, 0.3) is 11.1 Å². The molecule has 0 bridgehead atoms. The number of rotatable bonds is 27. The zero-order valence-corrected chi connectivity index (χ0v) is 48.3. The second-order valence-corrected chi connectivity index (χ2v) is 20.9. The van der Waals surface area contributed by atoms with Gasteiger partial charge in [0, 0.05) is 122 Å². The highest BCUT2D eigenvalue weighted by Crippen LogP contribution is 2.37. The lowest BCUT2D eigenvalue weighted by Crippen LogP contribution is -2.24. The summed E-state index contributed by atoms with van der Waals surface area (Å²) in [5.74, 6) is -0.141. The smallest absolute Gasteiger partial charge is 0.251 e. The minimum atomic E-state index is -0.0737. The van der Waals surface area contributed by atoms with Gasteiger partial charge in [-0.3, -0.25) is 14.6 Å². The molecule has 418 valence electrons. The fourth-order valence-electron chi connectivity index (χ4n) is 10.1. The fourth-order valence-corrected chi connectivity index (χ4v) is 10.1. The Morgan fingerprint density at radius 3 is 1.54 bits per heavy atom. The summed E-state index contributed by atoms with van der Waals surface area (Å²) in [5.41, 5.74) is 20.1. The van der Waals surface area contributed by atoms with E-state index in [2.05, 4.69) is 144 Å². The van der Waals surface area contributed by atoms with E-state index < -0.39 is 0 Å². The maximum Gasteiger partial charge on any atom is 0.251 e. The molecule has 12 heteroatoms. The van der Waals surface area contributed by atoms with Gasteiger partial charge in [-0.2, -0.15) is 4.58 Å². The van der Waals surface area contributed by atoms with E-state index in [1.807, 2.05) is 104 Å². The van der Waals surface area contributed by atoms with Crippen molar-refractivity contribution in [3.05, 3.63) is 203 Å². The maximum absolute atomic E-state index is 13.0. The van der Waals surface area contributed by atoms with Crippen molar-refractivity contribution in [2.75, 3.05) is 56.2 Å². The molecule has 0 spiro atoms. The molecular weight excluding hydrogens is 1000 g/mol. The van der Waals surface area contributed by atoms with E-state index in [0.29, 0.717) is 24.2 Å². The lowest BCUT2D eigenvalue weighted by molar-refractivity contribution is 0.0944. The van der Waals surface area contributed by atoms with Crippen molar-refractivity contribution in [2.45, 2.75) is 91.9 Å². The van der Waals surface area contributed by atoms with Gasteiger partial charge < -0.3 is 37.2 Å². The van der Waals surface area contributed by atoms with Gasteiger partial charge in [0.05, 0.1) is 11.4 Å². The van der Waals surface area contributed by atoms with Crippen LogP contribution in [0.5, 0.6) is 0 Å². The zero-order valence-electron chi connectivity index (χ0n) is 48.3. The number of amides is 2. The number of aryl methyl sites for hydroxylation is 2. The first kappa shape index (κ1) is 58.4. The average Bonchev–Trinajstić information content (AvgIpc) is 3.50. The Bertz CT molecular complexity index is 3330. The van der Waals surface area contributed by atoms with Gasteiger partial charge in [-0.25, -0.2) is 4.99 Å². The number of aliphatic imine (C=N–C) groups is 2. The largest absolute Gasteiger partial charge is 0.388 e. The molecule has 0 unspecified atom stereocenters. The summed E-state index contributed by atoms with van der Waals surface area (Å²) < 4.78 is 1.96. The first-order chi connectivity index (χ1) is 39.5. The van der Waals surface area contributed by atoms with Gasteiger partial charge in [-0.1, -0.05) is 98.5 Å². The van der Waals surface area contributed by atoms with Crippen LogP contribution in [0.1, 0.15) is 110 Å². The normalized spacial score (nSPS) is 14.0. The second kappa shape index (κ2) is 29.4. The Morgan fingerprint density at radius 2 is 1.00 bits per heavy atom. The first-order valence-corrected chi connectivity index (χ1v) is 28.8. The van der Waals surface area contributed by atoms with Gasteiger partial charge >= 0.3 is 0 Å². The highest BCUT2D eigenvalue weighted by atomic mass is 16.2. The van der Waals surface area contributed by atoms with Crippen molar-refractivity contribution in [1.82, 2.24) is 25.8 Å². The summed E-state index contributed by atoms with van der Waals surface area (Å²) in [6.07, 6.45) is 18.4. The summed E-state index contributed by atoms with van der Waals surface area (Å²) >= 11 is 0. The average molecular weight is 1080 g/mol. The molecule has 8 rings (SSSR count). The van der Waals surface area contributed by atoms with Crippen LogP contribution in [0.2, 0.25) is 0 Å². The number of unbranched alkanes of at least 4 members (excludes halogenated alkanes) is 6. The van der Waals surface area contributed by atoms with Gasteiger partial charge in [0.1, 0.15) is 12.4 Å². The van der Waals surface area contributed by atoms with Gasteiger partial charge in [0.25, 0.3) is 11.8 Å². The molecule has 2 aliphatic rings. The quantitative estimate of drug-likeness (QED) is 0.0154. The monoisotopic (exact) mass is 1080 g/mol. The summed E-state index contributed by atoms with van der Waals surface area (Å²) in [6.45, 7) is 15.9. The van der Waals surface area contributed by atoms with E-state index in [1.54, 1.807) is 0 Å². The zero-order chi connectivity index (χ0) is 56.9. The number of anilines is 4. The molecule has 81 heavy (non-hydrogen) atoms. The molecule has 0 saturated heterocycles. The van der Waals surface area contributed by atoms with E-state index in [-0.39, 0.29) is 11.8 Å². The highest BCUT2D eigenvalue weighted by Gasteiger charge is 2.20. The molecule has 6 aromatic carbocycles. The number of allylic oxidation sites excluding steroid dienone is 6. The number of carbonyl (C=O) groups is 2. The van der Waals surface area contributed by atoms with Crippen molar-refractivity contribution in [2.24, 2.45) is 9.98 Å². The lowest BCUT2D eigenvalue weighted by Gasteiger charge is -2.18. The van der Waals surface area contributed by atoms with Crippen LogP contribution in [0.4, 0.5) is 45.5 Å². The van der Waals surface area contributed by atoms with Crippen LogP contribution >= 0.6 is 0 Å². The van der Waals surface area contributed by atoms with Crippen molar-refractivity contribution in [1.29, 1.82) is 0 Å². The third-order valence-corrected chi connectivity index (χ3v) is 14.8. The molecule has 0 fully saturated rings. The third-order valence-electron chi connectivity index (χ3n) is 14.8. The number of likely N-dealkylation sites (N-methyl/N-ethyl adjacent to an activating group) is 1. The summed E-state index contributed by atoms with van der Waals surface area (Å²) in [7, 11) is 3.89. The van der Waals surface area contributed by atoms with E-state index in [4.69, 9.17) is 9.98 Å². The van der Waals surface area contributed by atoms with E-state index in [1.165, 1.54) is 16.8 Å². The summed E-state index contributed by atoms with van der Waals surface area (Å²) in [6, 6.07) is 44.2. The number of nitrogens with zero attached hydrogens (tertiary/aromatic N) is 3. The Kier molecular flexibility index (Phi) is 21.2. The van der Waals surface area contributed by atoms with Crippen LogP contribution in [0, 0.1) is 13.8 Å². The molecule has 0 radical (unpaired) electrons.